The molecule has 0 saturated carbocycles. The predicted octanol–water partition coefficient (Wildman–Crippen LogP) is 4.55. The van der Waals surface area contributed by atoms with Gasteiger partial charge in [0.2, 0.25) is 11.8 Å². The van der Waals surface area contributed by atoms with Crippen LogP contribution in [0.2, 0.25) is 5.02 Å². The van der Waals surface area contributed by atoms with Crippen LogP contribution in [-0.4, -0.2) is 23.1 Å². The topological polar surface area (TPSA) is 47.0 Å². The molecule has 0 aliphatic carbocycles. The third-order valence-electron chi connectivity index (χ3n) is 3.24. The lowest BCUT2D eigenvalue weighted by molar-refractivity contribution is 0.226. The highest BCUT2D eigenvalue weighted by molar-refractivity contribution is 6.31. The summed E-state index contributed by atoms with van der Waals surface area (Å²) in [7, 11) is 0. The molecular weight excluding hydrogens is 274 g/mol. The van der Waals surface area contributed by atoms with E-state index in [0.29, 0.717) is 29.4 Å². The molecular formula is C15H26ClN3O. The highest BCUT2D eigenvalue weighted by Gasteiger charge is 2.11. The van der Waals surface area contributed by atoms with Crippen molar-refractivity contribution in [2.45, 2.75) is 52.9 Å². The number of aromatic nitrogens is 2. The van der Waals surface area contributed by atoms with Gasteiger partial charge in [0.25, 0.3) is 0 Å². The molecule has 0 aliphatic heterocycles. The molecule has 0 fully saturated rings. The van der Waals surface area contributed by atoms with E-state index in [1.807, 2.05) is 0 Å². The van der Waals surface area contributed by atoms with Crippen molar-refractivity contribution >= 4 is 17.5 Å². The minimum absolute atomic E-state index is 0.470. The van der Waals surface area contributed by atoms with E-state index in [4.69, 9.17) is 16.3 Å². The Kier molecular flexibility index (Phi) is 8.35. The number of ether oxygens (including phenoxy) is 1. The summed E-state index contributed by atoms with van der Waals surface area (Å²) in [6.45, 7) is 8.01. The summed E-state index contributed by atoms with van der Waals surface area (Å²) < 4.78 is 5.78. The fraction of sp³-hybridized carbons (Fsp3) is 0.733. The molecule has 1 heterocycles. The van der Waals surface area contributed by atoms with E-state index in [1.165, 1.54) is 19.3 Å². The Balaban J connectivity index is 2.56. The summed E-state index contributed by atoms with van der Waals surface area (Å²) in [6, 6.07) is 0. The minimum Gasteiger partial charge on any atom is -0.476 e. The molecule has 5 heteroatoms. The number of rotatable bonds is 10. The van der Waals surface area contributed by atoms with Crippen LogP contribution in [0.25, 0.3) is 0 Å². The lowest BCUT2D eigenvalue weighted by Crippen LogP contribution is -2.13. The van der Waals surface area contributed by atoms with Crippen molar-refractivity contribution in [1.82, 2.24) is 9.97 Å². The molecule has 114 valence electrons. The van der Waals surface area contributed by atoms with Crippen molar-refractivity contribution in [2.75, 3.05) is 18.5 Å². The standard InChI is InChI=1S/C15H26ClN3O/c1-4-7-8-12(6-3)11-20-14-13(16)10-18-15(19-14)17-9-5-2/h10,12H,4-9,11H2,1-3H3,(H,17,18,19). The summed E-state index contributed by atoms with van der Waals surface area (Å²) in [5, 5.41) is 3.61. The molecule has 0 amide bonds. The van der Waals surface area contributed by atoms with E-state index in [2.05, 4.69) is 36.1 Å². The number of unbranched alkanes of at least 4 members (excludes halogenated alkanes) is 1. The Morgan fingerprint density at radius 3 is 2.75 bits per heavy atom. The average Bonchev–Trinajstić information content (AvgIpc) is 2.47. The second kappa shape index (κ2) is 9.81. The highest BCUT2D eigenvalue weighted by Crippen LogP contribution is 2.23. The van der Waals surface area contributed by atoms with E-state index in [1.54, 1.807) is 6.20 Å². The maximum Gasteiger partial charge on any atom is 0.237 e. The maximum atomic E-state index is 6.08. The largest absolute Gasteiger partial charge is 0.476 e. The molecule has 1 unspecified atom stereocenters. The number of nitrogens with one attached hydrogen (secondary N) is 1. The van der Waals surface area contributed by atoms with Gasteiger partial charge in [-0.05, 0) is 18.8 Å². The van der Waals surface area contributed by atoms with Gasteiger partial charge in [0.15, 0.2) is 0 Å². The first kappa shape index (κ1) is 17.0. The maximum absolute atomic E-state index is 6.08. The fourth-order valence-corrected chi connectivity index (χ4v) is 2.02. The van der Waals surface area contributed by atoms with E-state index in [-0.39, 0.29) is 0 Å². The first-order valence-electron chi connectivity index (χ1n) is 7.60. The van der Waals surface area contributed by atoms with Crippen LogP contribution in [0.4, 0.5) is 5.95 Å². The normalized spacial score (nSPS) is 12.2. The van der Waals surface area contributed by atoms with E-state index in [0.717, 1.165) is 19.4 Å². The van der Waals surface area contributed by atoms with Gasteiger partial charge in [-0.15, -0.1) is 0 Å². The molecule has 1 N–H and O–H groups in total. The number of nitrogens with zero attached hydrogens (tertiary/aromatic N) is 2. The molecule has 1 rings (SSSR count). The molecule has 0 bridgehead atoms. The summed E-state index contributed by atoms with van der Waals surface area (Å²) in [5.41, 5.74) is 0. The second-order valence-corrected chi connectivity index (χ2v) is 5.41. The van der Waals surface area contributed by atoms with Crippen molar-refractivity contribution in [2.24, 2.45) is 5.92 Å². The second-order valence-electron chi connectivity index (χ2n) is 5.00. The first-order chi connectivity index (χ1) is 9.71. The number of halogens is 1. The number of anilines is 1. The Morgan fingerprint density at radius 1 is 1.30 bits per heavy atom. The van der Waals surface area contributed by atoms with Gasteiger partial charge in [-0.2, -0.15) is 4.98 Å². The van der Waals surface area contributed by atoms with Crippen LogP contribution in [-0.2, 0) is 0 Å². The third-order valence-corrected chi connectivity index (χ3v) is 3.50. The zero-order chi connectivity index (χ0) is 14.8. The van der Waals surface area contributed by atoms with Gasteiger partial charge in [-0.3, -0.25) is 0 Å². The summed E-state index contributed by atoms with van der Waals surface area (Å²) in [5.74, 6) is 1.62. The first-order valence-corrected chi connectivity index (χ1v) is 7.98. The lowest BCUT2D eigenvalue weighted by Gasteiger charge is -2.16. The van der Waals surface area contributed by atoms with Gasteiger partial charge < -0.3 is 10.1 Å². The van der Waals surface area contributed by atoms with Crippen LogP contribution < -0.4 is 10.1 Å². The monoisotopic (exact) mass is 299 g/mol. The molecule has 1 aromatic rings. The Hall–Kier alpha value is -1.03. The zero-order valence-corrected chi connectivity index (χ0v) is 13.5. The van der Waals surface area contributed by atoms with Crippen LogP contribution in [0.15, 0.2) is 6.20 Å². The highest BCUT2D eigenvalue weighted by atomic mass is 35.5. The fourth-order valence-electron chi connectivity index (χ4n) is 1.87. The summed E-state index contributed by atoms with van der Waals surface area (Å²) in [4.78, 5) is 8.46. The molecule has 1 aromatic heterocycles. The quantitative estimate of drug-likeness (QED) is 0.688. The van der Waals surface area contributed by atoms with Crippen molar-refractivity contribution in [3.05, 3.63) is 11.2 Å². The number of hydrogen-bond donors (Lipinski definition) is 1. The SMILES string of the molecule is CCCCC(CC)COc1nc(NCCC)ncc1Cl. The van der Waals surface area contributed by atoms with Crippen molar-refractivity contribution in [3.8, 4) is 5.88 Å². The molecule has 0 spiro atoms. The Labute approximate surface area is 127 Å². The van der Waals surface area contributed by atoms with E-state index < -0.39 is 0 Å². The molecule has 0 aromatic carbocycles. The van der Waals surface area contributed by atoms with Crippen LogP contribution in [0.5, 0.6) is 5.88 Å². The average molecular weight is 300 g/mol. The van der Waals surface area contributed by atoms with Crippen molar-refractivity contribution in [3.63, 3.8) is 0 Å². The summed E-state index contributed by atoms with van der Waals surface area (Å²) >= 11 is 6.08. The van der Waals surface area contributed by atoms with Gasteiger partial charge in [0.1, 0.15) is 5.02 Å². The third kappa shape index (κ3) is 5.95. The van der Waals surface area contributed by atoms with Crippen molar-refractivity contribution in [1.29, 1.82) is 0 Å². The molecule has 0 saturated heterocycles. The molecule has 0 aliphatic rings. The van der Waals surface area contributed by atoms with E-state index >= 15 is 0 Å². The Morgan fingerprint density at radius 2 is 2.10 bits per heavy atom. The van der Waals surface area contributed by atoms with Crippen molar-refractivity contribution < 1.29 is 4.74 Å². The van der Waals surface area contributed by atoms with Crippen LogP contribution in [0, 0.1) is 5.92 Å². The smallest absolute Gasteiger partial charge is 0.237 e. The van der Waals surface area contributed by atoms with Crippen LogP contribution in [0.3, 0.4) is 0 Å². The zero-order valence-electron chi connectivity index (χ0n) is 12.8. The van der Waals surface area contributed by atoms with Crippen LogP contribution >= 0.6 is 11.6 Å². The van der Waals surface area contributed by atoms with Gasteiger partial charge in [0.05, 0.1) is 12.8 Å². The molecule has 20 heavy (non-hydrogen) atoms. The summed E-state index contributed by atoms with van der Waals surface area (Å²) in [6.07, 6.45) is 7.38. The Bertz CT molecular complexity index is 387. The number of hydrogen-bond acceptors (Lipinski definition) is 4. The van der Waals surface area contributed by atoms with Gasteiger partial charge in [0, 0.05) is 6.54 Å². The molecule has 4 nitrogen and oxygen atoms in total. The van der Waals surface area contributed by atoms with Gasteiger partial charge in [-0.25, -0.2) is 4.98 Å². The lowest BCUT2D eigenvalue weighted by atomic mass is 10.0. The van der Waals surface area contributed by atoms with E-state index in [9.17, 15) is 0 Å². The predicted molar refractivity (Wildman–Crippen MR) is 84.6 cm³/mol. The van der Waals surface area contributed by atoms with Crippen LogP contribution in [0.1, 0.15) is 52.9 Å². The van der Waals surface area contributed by atoms with Gasteiger partial charge in [-0.1, -0.05) is 51.6 Å². The molecule has 0 radical (unpaired) electrons. The van der Waals surface area contributed by atoms with Gasteiger partial charge >= 0.3 is 0 Å². The minimum atomic E-state index is 0.470. The molecule has 1 atom stereocenters.